The highest BCUT2D eigenvalue weighted by Crippen LogP contribution is 2.30. The standard InChI is InChI=1S/C18H18FN3O4/c1-2-26-14-4-3-11-5-6-21(10-12(11)7-14)18(23)15-8-13(19)9-16(17(15)20)22(24)25/h3-4,7-9H,2,5-6,10,20H2,1H3. The number of hydrogen-bond acceptors (Lipinski definition) is 5. The number of halogens is 1. The van der Waals surface area contributed by atoms with Crippen molar-refractivity contribution in [3.05, 3.63) is 63.0 Å². The number of ether oxygens (including phenoxy) is 1. The zero-order valence-electron chi connectivity index (χ0n) is 14.2. The van der Waals surface area contributed by atoms with E-state index in [0.29, 0.717) is 37.9 Å². The highest BCUT2D eigenvalue weighted by molar-refractivity contribution is 6.01. The van der Waals surface area contributed by atoms with Gasteiger partial charge in [0.25, 0.3) is 11.6 Å². The lowest BCUT2D eigenvalue weighted by Crippen LogP contribution is -2.36. The molecule has 1 aliphatic rings. The summed E-state index contributed by atoms with van der Waals surface area (Å²) in [5.41, 5.74) is 6.66. The first kappa shape index (κ1) is 17.7. The second-order valence-electron chi connectivity index (χ2n) is 5.98. The number of carbonyl (C=O) groups excluding carboxylic acids is 1. The van der Waals surface area contributed by atoms with Crippen molar-refractivity contribution in [2.75, 3.05) is 18.9 Å². The molecule has 0 radical (unpaired) electrons. The van der Waals surface area contributed by atoms with Crippen LogP contribution in [-0.2, 0) is 13.0 Å². The van der Waals surface area contributed by atoms with Crippen LogP contribution in [0.1, 0.15) is 28.4 Å². The molecule has 2 aromatic rings. The Hall–Kier alpha value is -3.16. The number of amides is 1. The predicted octanol–water partition coefficient (Wildman–Crippen LogP) is 2.91. The normalized spacial score (nSPS) is 13.2. The van der Waals surface area contributed by atoms with Gasteiger partial charge in [0.2, 0.25) is 0 Å². The molecule has 0 aromatic heterocycles. The number of rotatable bonds is 4. The van der Waals surface area contributed by atoms with E-state index in [1.807, 2.05) is 25.1 Å². The van der Waals surface area contributed by atoms with Gasteiger partial charge in [0.1, 0.15) is 17.3 Å². The average molecular weight is 359 g/mol. The monoisotopic (exact) mass is 359 g/mol. The van der Waals surface area contributed by atoms with Crippen molar-refractivity contribution in [3.8, 4) is 5.75 Å². The zero-order chi connectivity index (χ0) is 18.8. The lowest BCUT2D eigenvalue weighted by molar-refractivity contribution is -0.384. The second-order valence-corrected chi connectivity index (χ2v) is 5.98. The molecule has 0 fully saturated rings. The van der Waals surface area contributed by atoms with E-state index in [1.54, 1.807) is 0 Å². The minimum absolute atomic E-state index is 0.193. The van der Waals surface area contributed by atoms with Gasteiger partial charge >= 0.3 is 0 Å². The molecule has 1 amide bonds. The number of nitro groups is 1. The summed E-state index contributed by atoms with van der Waals surface area (Å²) in [6.45, 7) is 3.14. The quantitative estimate of drug-likeness (QED) is 0.514. The lowest BCUT2D eigenvalue weighted by atomic mass is 9.98. The Morgan fingerprint density at radius 1 is 1.35 bits per heavy atom. The molecular formula is C18H18FN3O4. The highest BCUT2D eigenvalue weighted by atomic mass is 19.1. The van der Waals surface area contributed by atoms with Gasteiger partial charge in [-0.15, -0.1) is 0 Å². The fraction of sp³-hybridized carbons (Fsp3) is 0.278. The average Bonchev–Trinajstić information content (AvgIpc) is 2.62. The number of hydrogen-bond donors (Lipinski definition) is 1. The van der Waals surface area contributed by atoms with Crippen LogP contribution in [0.3, 0.4) is 0 Å². The molecule has 1 aliphatic heterocycles. The maximum absolute atomic E-state index is 13.7. The van der Waals surface area contributed by atoms with Gasteiger partial charge in [-0.1, -0.05) is 6.07 Å². The van der Waals surface area contributed by atoms with Crippen molar-refractivity contribution in [1.29, 1.82) is 0 Å². The van der Waals surface area contributed by atoms with Crippen LogP contribution in [0.5, 0.6) is 5.75 Å². The van der Waals surface area contributed by atoms with Crippen LogP contribution >= 0.6 is 0 Å². The van der Waals surface area contributed by atoms with Crippen molar-refractivity contribution in [2.24, 2.45) is 0 Å². The SMILES string of the molecule is CCOc1ccc2c(c1)CN(C(=O)c1cc(F)cc([N+](=O)[O-])c1N)CC2. The lowest BCUT2D eigenvalue weighted by Gasteiger charge is -2.29. The van der Waals surface area contributed by atoms with E-state index >= 15 is 0 Å². The number of nitrogens with zero attached hydrogens (tertiary/aromatic N) is 2. The smallest absolute Gasteiger partial charge is 0.295 e. The molecule has 0 saturated carbocycles. The van der Waals surface area contributed by atoms with E-state index in [2.05, 4.69) is 0 Å². The van der Waals surface area contributed by atoms with Gasteiger partial charge in [-0.2, -0.15) is 0 Å². The third kappa shape index (κ3) is 3.30. The molecular weight excluding hydrogens is 341 g/mol. The van der Waals surface area contributed by atoms with E-state index in [1.165, 1.54) is 4.90 Å². The third-order valence-electron chi connectivity index (χ3n) is 4.34. The molecule has 8 heteroatoms. The Morgan fingerprint density at radius 3 is 2.81 bits per heavy atom. The number of nitrogen functional groups attached to an aromatic ring is 1. The molecule has 2 aromatic carbocycles. The van der Waals surface area contributed by atoms with Gasteiger partial charge in [0.15, 0.2) is 0 Å². The molecule has 0 bridgehead atoms. The van der Waals surface area contributed by atoms with Gasteiger partial charge in [0, 0.05) is 13.1 Å². The topological polar surface area (TPSA) is 98.7 Å². The molecule has 3 rings (SSSR count). The van der Waals surface area contributed by atoms with Crippen LogP contribution in [-0.4, -0.2) is 28.9 Å². The largest absolute Gasteiger partial charge is 0.494 e. The molecule has 0 aliphatic carbocycles. The van der Waals surface area contributed by atoms with Crippen LogP contribution in [0, 0.1) is 15.9 Å². The summed E-state index contributed by atoms with van der Waals surface area (Å²) in [4.78, 5) is 24.5. The summed E-state index contributed by atoms with van der Waals surface area (Å²) >= 11 is 0. The van der Waals surface area contributed by atoms with Crippen LogP contribution in [0.15, 0.2) is 30.3 Å². The Morgan fingerprint density at radius 2 is 2.12 bits per heavy atom. The molecule has 0 spiro atoms. The predicted molar refractivity (Wildman–Crippen MR) is 93.5 cm³/mol. The molecule has 0 saturated heterocycles. The van der Waals surface area contributed by atoms with E-state index in [4.69, 9.17) is 10.5 Å². The number of carbonyl (C=O) groups is 1. The maximum Gasteiger partial charge on any atom is 0.295 e. The molecule has 0 unspecified atom stereocenters. The number of fused-ring (bicyclic) bond motifs is 1. The van der Waals surface area contributed by atoms with Gasteiger partial charge < -0.3 is 15.4 Å². The maximum atomic E-state index is 13.7. The summed E-state index contributed by atoms with van der Waals surface area (Å²) in [7, 11) is 0. The molecule has 1 heterocycles. The first-order valence-electron chi connectivity index (χ1n) is 8.18. The minimum Gasteiger partial charge on any atom is -0.494 e. The summed E-state index contributed by atoms with van der Waals surface area (Å²) in [6, 6.07) is 7.37. The first-order valence-corrected chi connectivity index (χ1v) is 8.18. The Bertz CT molecular complexity index is 885. The molecule has 2 N–H and O–H groups in total. The molecule has 7 nitrogen and oxygen atoms in total. The van der Waals surface area contributed by atoms with Crippen LogP contribution in [0.25, 0.3) is 0 Å². The highest BCUT2D eigenvalue weighted by Gasteiger charge is 2.27. The zero-order valence-corrected chi connectivity index (χ0v) is 14.2. The Labute approximate surface area is 149 Å². The number of benzene rings is 2. The summed E-state index contributed by atoms with van der Waals surface area (Å²) < 4.78 is 19.2. The summed E-state index contributed by atoms with van der Waals surface area (Å²) in [6.07, 6.45) is 0.630. The Balaban J connectivity index is 1.90. The van der Waals surface area contributed by atoms with Crippen LogP contribution < -0.4 is 10.5 Å². The Kier molecular flexibility index (Phi) is 4.75. The number of anilines is 1. The summed E-state index contributed by atoms with van der Waals surface area (Å²) in [5, 5.41) is 11.0. The molecule has 26 heavy (non-hydrogen) atoms. The van der Waals surface area contributed by atoms with Crippen LogP contribution in [0.2, 0.25) is 0 Å². The first-order chi connectivity index (χ1) is 12.4. The van der Waals surface area contributed by atoms with Crippen LogP contribution in [0.4, 0.5) is 15.8 Å². The van der Waals surface area contributed by atoms with E-state index in [-0.39, 0.29) is 11.3 Å². The van der Waals surface area contributed by atoms with Crippen molar-refractivity contribution < 1.29 is 18.8 Å². The van der Waals surface area contributed by atoms with Gasteiger partial charge in [-0.3, -0.25) is 14.9 Å². The van der Waals surface area contributed by atoms with Crippen molar-refractivity contribution >= 4 is 17.3 Å². The van der Waals surface area contributed by atoms with Crippen molar-refractivity contribution in [3.63, 3.8) is 0 Å². The summed E-state index contributed by atoms with van der Waals surface area (Å²) in [5.74, 6) is -0.690. The van der Waals surface area contributed by atoms with Crippen molar-refractivity contribution in [1.82, 2.24) is 4.90 Å². The van der Waals surface area contributed by atoms with E-state index < -0.39 is 22.3 Å². The fourth-order valence-corrected chi connectivity index (χ4v) is 3.07. The van der Waals surface area contributed by atoms with Crippen molar-refractivity contribution in [2.45, 2.75) is 19.9 Å². The molecule has 0 atom stereocenters. The number of nitrogens with two attached hydrogens (primary N) is 1. The third-order valence-corrected chi connectivity index (χ3v) is 4.34. The van der Waals surface area contributed by atoms with Gasteiger partial charge in [0.05, 0.1) is 23.2 Å². The van der Waals surface area contributed by atoms with E-state index in [9.17, 15) is 19.3 Å². The minimum atomic E-state index is -0.870. The fourth-order valence-electron chi connectivity index (χ4n) is 3.07. The number of nitro benzene ring substituents is 1. The van der Waals surface area contributed by atoms with E-state index in [0.717, 1.165) is 17.2 Å². The van der Waals surface area contributed by atoms with Gasteiger partial charge in [-0.25, -0.2) is 4.39 Å². The second kappa shape index (κ2) is 6.99. The molecule has 136 valence electrons. The van der Waals surface area contributed by atoms with Gasteiger partial charge in [-0.05, 0) is 42.7 Å².